The first-order valence-corrected chi connectivity index (χ1v) is 2.82. The number of rotatable bonds is 2. The van der Waals surface area contributed by atoms with E-state index in [-0.39, 0.29) is 0 Å². The van der Waals surface area contributed by atoms with Gasteiger partial charge in [-0.05, 0) is 19.0 Å². The summed E-state index contributed by atoms with van der Waals surface area (Å²) in [6.07, 6.45) is 7.62. The molecule has 0 aliphatic rings. The van der Waals surface area contributed by atoms with E-state index in [1.54, 1.807) is 6.20 Å². The molecule has 0 fully saturated rings. The summed E-state index contributed by atoms with van der Waals surface area (Å²) in [6, 6.07) is 0. The maximum absolute atomic E-state index is 5.15. The van der Waals surface area contributed by atoms with Crippen molar-refractivity contribution in [3.63, 3.8) is 0 Å². The van der Waals surface area contributed by atoms with Crippen molar-refractivity contribution in [2.45, 2.75) is 13.8 Å². The zero-order valence-corrected chi connectivity index (χ0v) is 5.46. The molecular weight excluding hydrogens is 98.1 g/mol. The SMILES string of the molecule is C/C=C\C(C)/C=C\N. The van der Waals surface area contributed by atoms with Crippen molar-refractivity contribution in [2.24, 2.45) is 11.7 Å². The highest BCUT2D eigenvalue weighted by Crippen LogP contribution is 1.96. The van der Waals surface area contributed by atoms with Crippen molar-refractivity contribution in [1.29, 1.82) is 0 Å². The summed E-state index contributed by atoms with van der Waals surface area (Å²) in [5, 5.41) is 0. The van der Waals surface area contributed by atoms with E-state index >= 15 is 0 Å². The predicted molar refractivity (Wildman–Crippen MR) is 37.3 cm³/mol. The van der Waals surface area contributed by atoms with Gasteiger partial charge in [-0.2, -0.15) is 0 Å². The van der Waals surface area contributed by atoms with Gasteiger partial charge in [0.25, 0.3) is 0 Å². The minimum Gasteiger partial charge on any atom is -0.405 e. The maximum Gasteiger partial charge on any atom is -0.00648 e. The van der Waals surface area contributed by atoms with Crippen LogP contribution in [0.4, 0.5) is 0 Å². The first-order valence-electron chi connectivity index (χ1n) is 2.82. The second kappa shape index (κ2) is 4.44. The Morgan fingerprint density at radius 3 is 2.38 bits per heavy atom. The lowest BCUT2D eigenvalue weighted by Crippen LogP contribution is -1.84. The molecule has 46 valence electrons. The molecule has 0 aromatic carbocycles. The zero-order valence-electron chi connectivity index (χ0n) is 5.46. The first kappa shape index (κ1) is 7.28. The molecule has 1 heteroatoms. The summed E-state index contributed by atoms with van der Waals surface area (Å²) >= 11 is 0. The fourth-order valence-electron chi connectivity index (χ4n) is 0.543. The van der Waals surface area contributed by atoms with Gasteiger partial charge in [-0.25, -0.2) is 0 Å². The van der Waals surface area contributed by atoms with E-state index in [1.165, 1.54) is 0 Å². The van der Waals surface area contributed by atoms with Crippen LogP contribution in [0.25, 0.3) is 0 Å². The normalized spacial score (nSPS) is 15.8. The average Bonchev–Trinajstić information content (AvgIpc) is 1.68. The van der Waals surface area contributed by atoms with Gasteiger partial charge >= 0.3 is 0 Å². The summed E-state index contributed by atoms with van der Waals surface area (Å²) in [7, 11) is 0. The van der Waals surface area contributed by atoms with E-state index in [2.05, 4.69) is 13.0 Å². The summed E-state index contributed by atoms with van der Waals surface area (Å²) in [6.45, 7) is 4.09. The molecule has 0 radical (unpaired) electrons. The molecule has 0 aromatic rings. The number of allylic oxidation sites excluding steroid dienone is 3. The highest BCUT2D eigenvalue weighted by Gasteiger charge is 1.83. The van der Waals surface area contributed by atoms with Crippen LogP contribution < -0.4 is 5.73 Å². The second-order valence-electron chi connectivity index (χ2n) is 1.77. The molecule has 0 saturated heterocycles. The molecule has 0 aliphatic heterocycles. The third kappa shape index (κ3) is 3.47. The molecule has 1 nitrogen and oxygen atoms in total. The largest absolute Gasteiger partial charge is 0.405 e. The van der Waals surface area contributed by atoms with Crippen molar-refractivity contribution >= 4 is 0 Å². The van der Waals surface area contributed by atoms with Gasteiger partial charge in [0.2, 0.25) is 0 Å². The predicted octanol–water partition coefficient (Wildman–Crippen LogP) is 1.67. The highest BCUT2D eigenvalue weighted by atomic mass is 14.5. The maximum atomic E-state index is 5.15. The van der Waals surface area contributed by atoms with Crippen LogP contribution in [0.3, 0.4) is 0 Å². The van der Waals surface area contributed by atoms with Gasteiger partial charge in [-0.3, -0.25) is 0 Å². The molecule has 0 aliphatic carbocycles. The van der Waals surface area contributed by atoms with Crippen molar-refractivity contribution in [3.8, 4) is 0 Å². The monoisotopic (exact) mass is 111 g/mol. The lowest BCUT2D eigenvalue weighted by atomic mass is 10.2. The van der Waals surface area contributed by atoms with Gasteiger partial charge < -0.3 is 5.73 Å². The molecule has 0 spiro atoms. The molecule has 1 unspecified atom stereocenters. The number of hydrogen-bond donors (Lipinski definition) is 1. The molecule has 2 N–H and O–H groups in total. The summed E-state index contributed by atoms with van der Waals surface area (Å²) < 4.78 is 0. The summed E-state index contributed by atoms with van der Waals surface area (Å²) in [5.41, 5.74) is 5.15. The average molecular weight is 111 g/mol. The molecule has 0 aromatic heterocycles. The van der Waals surface area contributed by atoms with Crippen LogP contribution in [0.15, 0.2) is 24.4 Å². The van der Waals surface area contributed by atoms with Crippen molar-refractivity contribution < 1.29 is 0 Å². The Hall–Kier alpha value is -0.720. The second-order valence-corrected chi connectivity index (χ2v) is 1.77. The Balaban J connectivity index is 3.47. The Morgan fingerprint density at radius 1 is 1.38 bits per heavy atom. The van der Waals surface area contributed by atoms with E-state index in [0.29, 0.717) is 5.92 Å². The van der Waals surface area contributed by atoms with Crippen LogP contribution in [0, 0.1) is 5.92 Å². The molecule has 0 bridgehead atoms. The van der Waals surface area contributed by atoms with Crippen LogP contribution in [0.2, 0.25) is 0 Å². The van der Waals surface area contributed by atoms with Gasteiger partial charge in [0.1, 0.15) is 0 Å². The molecule has 0 heterocycles. The minimum absolute atomic E-state index is 0.477. The zero-order chi connectivity index (χ0) is 6.41. The Kier molecular flexibility index (Phi) is 4.04. The van der Waals surface area contributed by atoms with E-state index in [9.17, 15) is 0 Å². The van der Waals surface area contributed by atoms with Crippen LogP contribution >= 0.6 is 0 Å². The standard InChI is InChI=1S/C7H13N/c1-3-4-7(2)5-6-8/h3-7H,8H2,1-2H3/b4-3-,6-5-. The Labute approximate surface area is 50.9 Å². The van der Waals surface area contributed by atoms with Crippen molar-refractivity contribution in [3.05, 3.63) is 24.4 Å². The van der Waals surface area contributed by atoms with Crippen LogP contribution in [-0.4, -0.2) is 0 Å². The molecule has 1 atom stereocenters. The molecule has 0 amide bonds. The van der Waals surface area contributed by atoms with E-state index < -0.39 is 0 Å². The lowest BCUT2D eigenvalue weighted by molar-refractivity contribution is 0.933. The fourth-order valence-corrected chi connectivity index (χ4v) is 0.543. The van der Waals surface area contributed by atoms with Gasteiger partial charge in [-0.1, -0.05) is 25.2 Å². The number of hydrogen-bond acceptors (Lipinski definition) is 1. The summed E-state index contributed by atoms with van der Waals surface area (Å²) in [5.74, 6) is 0.477. The van der Waals surface area contributed by atoms with Gasteiger partial charge in [-0.15, -0.1) is 0 Å². The smallest absolute Gasteiger partial charge is 0.00648 e. The van der Waals surface area contributed by atoms with E-state index in [1.807, 2.05) is 19.1 Å². The quantitative estimate of drug-likeness (QED) is 0.539. The summed E-state index contributed by atoms with van der Waals surface area (Å²) in [4.78, 5) is 0. The van der Waals surface area contributed by atoms with Crippen molar-refractivity contribution in [1.82, 2.24) is 0 Å². The Bertz CT molecular complexity index is 80.6. The number of nitrogens with two attached hydrogens (primary N) is 1. The van der Waals surface area contributed by atoms with Crippen LogP contribution in [-0.2, 0) is 0 Å². The molecular formula is C7H13N. The lowest BCUT2D eigenvalue weighted by Gasteiger charge is -1.92. The Morgan fingerprint density at radius 2 is 2.00 bits per heavy atom. The third-order valence-corrected chi connectivity index (χ3v) is 0.911. The molecule has 0 saturated carbocycles. The fraction of sp³-hybridized carbons (Fsp3) is 0.429. The van der Waals surface area contributed by atoms with Crippen LogP contribution in [0.5, 0.6) is 0 Å². The highest BCUT2D eigenvalue weighted by molar-refractivity contribution is 4.95. The molecule has 0 rings (SSSR count). The van der Waals surface area contributed by atoms with Gasteiger partial charge in [0, 0.05) is 0 Å². The topological polar surface area (TPSA) is 26.0 Å². The van der Waals surface area contributed by atoms with Crippen molar-refractivity contribution in [2.75, 3.05) is 0 Å². The minimum atomic E-state index is 0.477. The molecule has 8 heavy (non-hydrogen) atoms. The van der Waals surface area contributed by atoms with E-state index in [4.69, 9.17) is 5.73 Å². The first-order chi connectivity index (χ1) is 3.81. The van der Waals surface area contributed by atoms with Gasteiger partial charge in [0.05, 0.1) is 0 Å². The van der Waals surface area contributed by atoms with E-state index in [0.717, 1.165) is 0 Å². The van der Waals surface area contributed by atoms with Gasteiger partial charge in [0.15, 0.2) is 0 Å². The third-order valence-electron chi connectivity index (χ3n) is 0.911. The van der Waals surface area contributed by atoms with Crippen LogP contribution in [0.1, 0.15) is 13.8 Å².